The molecule has 1 aliphatic carbocycles. The molecule has 36 heavy (non-hydrogen) atoms. The van der Waals surface area contributed by atoms with E-state index in [1.807, 2.05) is 11.0 Å². The van der Waals surface area contributed by atoms with Crippen LogP contribution in [-0.2, 0) is 19.9 Å². The number of benzene rings is 1. The van der Waals surface area contributed by atoms with E-state index >= 15 is 0 Å². The molecule has 1 saturated heterocycles. The molecule has 0 radical (unpaired) electrons. The number of rotatable bonds is 11. The van der Waals surface area contributed by atoms with E-state index in [4.69, 9.17) is 10.5 Å². The first-order valence-corrected chi connectivity index (χ1v) is 12.9. The van der Waals surface area contributed by atoms with E-state index in [0.717, 1.165) is 32.1 Å². The molecular weight excluding hydrogens is 458 g/mol. The van der Waals surface area contributed by atoms with Gasteiger partial charge in [0.2, 0.25) is 11.8 Å². The molecule has 0 aromatic heterocycles. The van der Waals surface area contributed by atoms with E-state index in [0.29, 0.717) is 26.2 Å². The lowest BCUT2D eigenvalue weighted by molar-refractivity contribution is -0.130. The zero-order valence-corrected chi connectivity index (χ0v) is 22.5. The maximum Gasteiger partial charge on any atom is 0.320 e. The number of primary amides is 1. The predicted octanol–water partition coefficient (Wildman–Crippen LogP) is 2.30. The van der Waals surface area contributed by atoms with Gasteiger partial charge in [0.15, 0.2) is 0 Å². The van der Waals surface area contributed by atoms with E-state index in [-0.39, 0.29) is 29.4 Å². The minimum Gasteiger partial charge on any atom is -0.385 e. The lowest BCUT2D eigenvalue weighted by atomic mass is 9.68. The third-order valence-corrected chi connectivity index (χ3v) is 8.14. The van der Waals surface area contributed by atoms with Crippen LogP contribution in [-0.4, -0.2) is 91.1 Å². The topological polar surface area (TPSA) is 108 Å². The Balaban J connectivity index is 1.75. The predicted molar refractivity (Wildman–Crippen MR) is 139 cm³/mol. The second kappa shape index (κ2) is 11.2. The van der Waals surface area contributed by atoms with Gasteiger partial charge < -0.3 is 25.6 Å². The molecule has 3 rings (SSSR count). The van der Waals surface area contributed by atoms with Crippen molar-refractivity contribution < 1.29 is 19.1 Å². The molecule has 1 heterocycles. The van der Waals surface area contributed by atoms with Crippen molar-refractivity contribution in [3.8, 4) is 0 Å². The van der Waals surface area contributed by atoms with Crippen molar-refractivity contribution in [1.29, 1.82) is 0 Å². The van der Waals surface area contributed by atoms with Crippen molar-refractivity contribution >= 4 is 17.8 Å². The molecule has 3 N–H and O–H groups in total. The van der Waals surface area contributed by atoms with Crippen LogP contribution in [0.2, 0.25) is 0 Å². The first kappa shape index (κ1) is 27.9. The Labute approximate surface area is 215 Å². The summed E-state index contributed by atoms with van der Waals surface area (Å²) in [6.45, 7) is 5.28. The number of ether oxygens (including phenoxy) is 1. The number of nitrogens with two attached hydrogens (primary N) is 1. The Morgan fingerprint density at radius 1 is 1.11 bits per heavy atom. The smallest absolute Gasteiger partial charge is 0.320 e. The fourth-order valence-corrected chi connectivity index (χ4v) is 5.76. The van der Waals surface area contributed by atoms with E-state index < -0.39 is 11.4 Å². The van der Waals surface area contributed by atoms with Gasteiger partial charge in [-0.05, 0) is 65.6 Å². The van der Waals surface area contributed by atoms with Gasteiger partial charge in [-0.2, -0.15) is 0 Å². The van der Waals surface area contributed by atoms with Gasteiger partial charge in [-0.25, -0.2) is 4.79 Å². The molecule has 1 aliphatic heterocycles. The zero-order chi connectivity index (χ0) is 26.6. The second-order valence-electron chi connectivity index (χ2n) is 11.0. The lowest BCUT2D eigenvalue weighted by Crippen LogP contribution is -2.55. The molecule has 4 amide bonds. The first-order chi connectivity index (χ1) is 17.0. The summed E-state index contributed by atoms with van der Waals surface area (Å²) in [6.07, 6.45) is 4.55. The Bertz CT molecular complexity index is 925. The quantitative estimate of drug-likeness (QED) is 0.453. The normalized spacial score (nSPS) is 24.6. The minimum absolute atomic E-state index is 0.0230. The Morgan fingerprint density at radius 3 is 2.31 bits per heavy atom. The number of hydrogen-bond acceptors (Lipinski definition) is 5. The monoisotopic (exact) mass is 501 g/mol. The van der Waals surface area contributed by atoms with Gasteiger partial charge in [0.25, 0.3) is 0 Å². The zero-order valence-electron chi connectivity index (χ0n) is 22.5. The molecule has 1 aromatic rings. The average molecular weight is 502 g/mol. The van der Waals surface area contributed by atoms with Crippen LogP contribution in [0.1, 0.15) is 57.9 Å². The largest absolute Gasteiger partial charge is 0.385 e. The van der Waals surface area contributed by atoms with Crippen molar-refractivity contribution in [2.75, 3.05) is 47.4 Å². The fraction of sp³-hybridized carbons (Fsp3) is 0.667. The van der Waals surface area contributed by atoms with Gasteiger partial charge in [-0.3, -0.25) is 14.5 Å². The van der Waals surface area contributed by atoms with Gasteiger partial charge in [0.1, 0.15) is 5.54 Å². The third kappa shape index (κ3) is 5.67. The number of amides is 4. The van der Waals surface area contributed by atoms with E-state index in [1.165, 1.54) is 5.56 Å². The van der Waals surface area contributed by atoms with Crippen LogP contribution in [0.4, 0.5) is 4.79 Å². The molecule has 1 aromatic carbocycles. The summed E-state index contributed by atoms with van der Waals surface area (Å²) in [4.78, 5) is 43.8. The molecule has 200 valence electrons. The number of nitrogens with one attached hydrogen (secondary N) is 1. The molecule has 0 atom stereocenters. The maximum atomic E-state index is 13.5. The second-order valence-corrected chi connectivity index (χ2v) is 11.0. The van der Waals surface area contributed by atoms with E-state index in [2.05, 4.69) is 48.6 Å². The molecular formula is C27H43N5O4. The van der Waals surface area contributed by atoms with Crippen molar-refractivity contribution in [3.05, 3.63) is 35.9 Å². The van der Waals surface area contributed by atoms with Crippen LogP contribution in [0.15, 0.2) is 30.3 Å². The molecule has 0 unspecified atom stereocenters. The molecule has 9 nitrogen and oxygen atoms in total. The van der Waals surface area contributed by atoms with Gasteiger partial charge >= 0.3 is 6.03 Å². The Kier molecular flexibility index (Phi) is 8.67. The standard InChI is InChI=1S/C27H43N5O4/c1-25(2,23(28)34)29-22(33)12-18-31-20-26(32(24(31)35)17-9-19-36-5)13-15-27(16-14-26,30(3)4)21-10-7-6-8-11-21/h6-8,10-11H,9,12-20H2,1-5H3,(H2,28,34)(H,29,33). The van der Waals surface area contributed by atoms with Crippen LogP contribution in [0.5, 0.6) is 0 Å². The summed E-state index contributed by atoms with van der Waals surface area (Å²) < 4.78 is 5.26. The summed E-state index contributed by atoms with van der Waals surface area (Å²) in [5.41, 5.74) is 5.23. The first-order valence-electron chi connectivity index (χ1n) is 12.9. The molecule has 1 spiro atoms. The van der Waals surface area contributed by atoms with Crippen molar-refractivity contribution in [1.82, 2.24) is 20.0 Å². The summed E-state index contributed by atoms with van der Waals surface area (Å²) >= 11 is 0. The number of carbonyl (C=O) groups is 3. The molecule has 2 fully saturated rings. The van der Waals surface area contributed by atoms with Crippen LogP contribution in [0, 0.1) is 0 Å². The third-order valence-electron chi connectivity index (χ3n) is 8.14. The molecule has 0 bridgehead atoms. The highest BCUT2D eigenvalue weighted by Crippen LogP contribution is 2.48. The molecule has 2 aliphatic rings. The SMILES string of the molecule is COCCCN1C(=O)N(CCC(=O)NC(C)(C)C(N)=O)CC12CCC(c1ccccc1)(N(C)C)CC2. The number of methoxy groups -OCH3 is 1. The lowest BCUT2D eigenvalue weighted by Gasteiger charge is -2.51. The fourth-order valence-electron chi connectivity index (χ4n) is 5.76. The average Bonchev–Trinajstić information content (AvgIpc) is 3.09. The summed E-state index contributed by atoms with van der Waals surface area (Å²) in [5, 5.41) is 2.67. The Hall–Kier alpha value is -2.65. The van der Waals surface area contributed by atoms with Crippen molar-refractivity contribution in [2.24, 2.45) is 5.73 Å². The highest BCUT2D eigenvalue weighted by Gasteiger charge is 2.54. The van der Waals surface area contributed by atoms with E-state index in [1.54, 1.807) is 25.9 Å². The summed E-state index contributed by atoms with van der Waals surface area (Å²) in [6, 6.07) is 10.6. The van der Waals surface area contributed by atoms with Gasteiger partial charge in [-0.15, -0.1) is 0 Å². The van der Waals surface area contributed by atoms with Gasteiger partial charge in [0, 0.05) is 45.3 Å². The maximum absolute atomic E-state index is 13.5. The summed E-state index contributed by atoms with van der Waals surface area (Å²) in [5.74, 6) is -0.890. The van der Waals surface area contributed by atoms with Crippen LogP contribution in [0.25, 0.3) is 0 Å². The van der Waals surface area contributed by atoms with Crippen LogP contribution in [0.3, 0.4) is 0 Å². The van der Waals surface area contributed by atoms with Gasteiger partial charge in [0.05, 0.1) is 5.54 Å². The number of nitrogens with zero attached hydrogens (tertiary/aromatic N) is 3. The minimum atomic E-state index is -1.13. The highest BCUT2D eigenvalue weighted by atomic mass is 16.5. The molecule has 9 heteroatoms. The summed E-state index contributed by atoms with van der Waals surface area (Å²) in [7, 11) is 5.95. The van der Waals surface area contributed by atoms with E-state index in [9.17, 15) is 14.4 Å². The van der Waals surface area contributed by atoms with Crippen molar-refractivity contribution in [2.45, 2.75) is 69.0 Å². The van der Waals surface area contributed by atoms with Gasteiger partial charge in [-0.1, -0.05) is 30.3 Å². The number of hydrogen-bond donors (Lipinski definition) is 2. The molecule has 1 saturated carbocycles. The Morgan fingerprint density at radius 2 is 1.75 bits per heavy atom. The number of carbonyl (C=O) groups excluding carboxylic acids is 3. The van der Waals surface area contributed by atoms with Crippen LogP contribution < -0.4 is 11.1 Å². The van der Waals surface area contributed by atoms with Crippen molar-refractivity contribution in [3.63, 3.8) is 0 Å². The van der Waals surface area contributed by atoms with Crippen LogP contribution >= 0.6 is 0 Å². The number of urea groups is 1. The highest BCUT2D eigenvalue weighted by molar-refractivity contribution is 5.89.